The molecule has 0 heterocycles. The molecule has 0 unspecified atom stereocenters. The molecule has 134 valence electrons. The number of para-hydroxylation sites is 1. The quantitative estimate of drug-likeness (QED) is 0.823. The van der Waals surface area contributed by atoms with Crippen LogP contribution in [0, 0.1) is 13.8 Å². The molecule has 0 radical (unpaired) electrons. The van der Waals surface area contributed by atoms with Crippen LogP contribution in [0.15, 0.2) is 36.4 Å². The number of hydrogen-bond acceptors (Lipinski definition) is 3. The SMILES string of the molecule is Cc1cccc(C)c1NC(=O)CN(c1cc(Cl)ccc1Cl)S(C)(=O)=O. The Morgan fingerprint density at radius 2 is 1.72 bits per heavy atom. The zero-order valence-electron chi connectivity index (χ0n) is 14.0. The molecule has 0 aliphatic heterocycles. The van der Waals surface area contributed by atoms with Crippen molar-refractivity contribution in [1.29, 1.82) is 0 Å². The van der Waals surface area contributed by atoms with Crippen molar-refractivity contribution in [3.05, 3.63) is 57.6 Å². The summed E-state index contributed by atoms with van der Waals surface area (Å²) < 4.78 is 25.3. The Morgan fingerprint density at radius 3 is 2.28 bits per heavy atom. The fourth-order valence-corrected chi connectivity index (χ4v) is 3.68. The van der Waals surface area contributed by atoms with Gasteiger partial charge in [0.1, 0.15) is 6.54 Å². The van der Waals surface area contributed by atoms with Crippen molar-refractivity contribution in [2.24, 2.45) is 0 Å². The van der Waals surface area contributed by atoms with E-state index in [1.807, 2.05) is 32.0 Å². The summed E-state index contributed by atoms with van der Waals surface area (Å²) in [6, 6.07) is 10.1. The molecule has 25 heavy (non-hydrogen) atoms. The van der Waals surface area contributed by atoms with Crippen molar-refractivity contribution in [3.8, 4) is 0 Å². The van der Waals surface area contributed by atoms with Crippen molar-refractivity contribution in [2.75, 3.05) is 22.4 Å². The maximum Gasteiger partial charge on any atom is 0.245 e. The molecule has 0 spiro atoms. The van der Waals surface area contributed by atoms with Crippen LogP contribution in [0.3, 0.4) is 0 Å². The van der Waals surface area contributed by atoms with Crippen LogP contribution in [-0.4, -0.2) is 27.1 Å². The first kappa shape index (κ1) is 19.6. The summed E-state index contributed by atoms with van der Waals surface area (Å²) in [6.45, 7) is 3.32. The summed E-state index contributed by atoms with van der Waals surface area (Å²) in [5.41, 5.74) is 2.60. The number of sulfonamides is 1. The molecule has 0 aromatic heterocycles. The third-order valence-electron chi connectivity index (χ3n) is 3.61. The Labute approximate surface area is 157 Å². The second-order valence-corrected chi connectivity index (χ2v) is 8.43. The fraction of sp³-hybridized carbons (Fsp3) is 0.235. The minimum Gasteiger partial charge on any atom is -0.324 e. The van der Waals surface area contributed by atoms with Crippen molar-refractivity contribution < 1.29 is 13.2 Å². The minimum atomic E-state index is -3.74. The van der Waals surface area contributed by atoms with Gasteiger partial charge in [0.15, 0.2) is 0 Å². The summed E-state index contributed by atoms with van der Waals surface area (Å²) in [5.74, 6) is -0.473. The number of anilines is 2. The van der Waals surface area contributed by atoms with E-state index >= 15 is 0 Å². The van der Waals surface area contributed by atoms with Crippen LogP contribution >= 0.6 is 23.2 Å². The Morgan fingerprint density at radius 1 is 1.12 bits per heavy atom. The van der Waals surface area contributed by atoms with E-state index in [4.69, 9.17) is 23.2 Å². The Hall–Kier alpha value is -1.76. The molecule has 0 fully saturated rings. The van der Waals surface area contributed by atoms with E-state index in [-0.39, 0.29) is 10.7 Å². The highest BCUT2D eigenvalue weighted by Crippen LogP contribution is 2.30. The number of hydrogen-bond donors (Lipinski definition) is 1. The lowest BCUT2D eigenvalue weighted by Crippen LogP contribution is -2.37. The highest BCUT2D eigenvalue weighted by molar-refractivity contribution is 7.92. The summed E-state index contributed by atoms with van der Waals surface area (Å²) in [6.07, 6.45) is 1.01. The van der Waals surface area contributed by atoms with Crippen molar-refractivity contribution >= 4 is 50.5 Å². The van der Waals surface area contributed by atoms with Gasteiger partial charge >= 0.3 is 0 Å². The standard InChI is InChI=1S/C17H18Cl2N2O3S/c1-11-5-4-6-12(2)17(11)20-16(22)10-21(25(3,23)24)15-9-13(18)7-8-14(15)19/h4-9H,10H2,1-3H3,(H,20,22). The molecule has 0 atom stereocenters. The molecule has 2 rings (SSSR count). The van der Waals surface area contributed by atoms with Gasteiger partial charge in [0, 0.05) is 10.7 Å². The number of nitrogens with zero attached hydrogens (tertiary/aromatic N) is 1. The van der Waals surface area contributed by atoms with Gasteiger partial charge in [-0.3, -0.25) is 9.10 Å². The molecular formula is C17H18Cl2N2O3S. The van der Waals surface area contributed by atoms with Crippen LogP contribution in [0.1, 0.15) is 11.1 Å². The van der Waals surface area contributed by atoms with Crippen LogP contribution in [0.2, 0.25) is 10.0 Å². The number of aryl methyl sites for hydroxylation is 2. The molecule has 1 N–H and O–H groups in total. The fourth-order valence-electron chi connectivity index (χ4n) is 2.38. The van der Waals surface area contributed by atoms with E-state index in [0.717, 1.165) is 21.7 Å². The van der Waals surface area contributed by atoms with E-state index < -0.39 is 22.5 Å². The molecule has 5 nitrogen and oxygen atoms in total. The second kappa shape index (κ2) is 7.64. The average Bonchev–Trinajstić information content (AvgIpc) is 2.50. The third kappa shape index (κ3) is 4.87. The van der Waals surface area contributed by atoms with Crippen molar-refractivity contribution in [2.45, 2.75) is 13.8 Å². The van der Waals surface area contributed by atoms with Crippen LogP contribution in [-0.2, 0) is 14.8 Å². The number of benzene rings is 2. The number of carbonyl (C=O) groups is 1. The lowest BCUT2D eigenvalue weighted by Gasteiger charge is -2.23. The normalized spacial score (nSPS) is 11.2. The van der Waals surface area contributed by atoms with Crippen LogP contribution in [0.25, 0.3) is 0 Å². The maximum absolute atomic E-state index is 12.5. The van der Waals surface area contributed by atoms with Crippen molar-refractivity contribution in [1.82, 2.24) is 0 Å². The minimum absolute atomic E-state index is 0.160. The molecule has 2 aromatic carbocycles. The molecule has 0 aliphatic carbocycles. The van der Waals surface area contributed by atoms with E-state index in [1.165, 1.54) is 12.1 Å². The molecule has 0 bridgehead atoms. The number of carbonyl (C=O) groups excluding carboxylic acids is 1. The highest BCUT2D eigenvalue weighted by atomic mass is 35.5. The first-order valence-corrected chi connectivity index (χ1v) is 9.99. The van der Waals surface area contributed by atoms with E-state index in [2.05, 4.69) is 5.32 Å². The van der Waals surface area contributed by atoms with Gasteiger partial charge in [-0.1, -0.05) is 41.4 Å². The predicted octanol–water partition coefficient (Wildman–Crippen LogP) is 4.01. The zero-order chi connectivity index (χ0) is 18.8. The summed E-state index contributed by atoms with van der Waals surface area (Å²) in [4.78, 5) is 12.5. The molecule has 0 aliphatic rings. The number of halogens is 2. The van der Waals surface area contributed by atoms with E-state index in [9.17, 15) is 13.2 Å². The van der Waals surface area contributed by atoms with Crippen LogP contribution in [0.4, 0.5) is 11.4 Å². The first-order valence-electron chi connectivity index (χ1n) is 7.38. The average molecular weight is 401 g/mol. The molecule has 1 amide bonds. The highest BCUT2D eigenvalue weighted by Gasteiger charge is 2.23. The van der Waals surface area contributed by atoms with Crippen LogP contribution < -0.4 is 9.62 Å². The Bertz CT molecular complexity index is 894. The molecule has 0 saturated carbocycles. The summed E-state index contributed by atoms with van der Waals surface area (Å²) >= 11 is 12.0. The topological polar surface area (TPSA) is 66.5 Å². The van der Waals surface area contributed by atoms with Gasteiger partial charge in [0.05, 0.1) is 17.0 Å². The predicted molar refractivity (Wildman–Crippen MR) is 103 cm³/mol. The lowest BCUT2D eigenvalue weighted by molar-refractivity contribution is -0.114. The molecular weight excluding hydrogens is 383 g/mol. The number of nitrogens with one attached hydrogen (secondary N) is 1. The van der Waals surface area contributed by atoms with Gasteiger partial charge in [0.2, 0.25) is 15.9 Å². The molecule has 8 heteroatoms. The smallest absolute Gasteiger partial charge is 0.245 e. The second-order valence-electron chi connectivity index (χ2n) is 5.68. The summed E-state index contributed by atoms with van der Waals surface area (Å²) in [7, 11) is -3.74. The largest absolute Gasteiger partial charge is 0.324 e. The van der Waals surface area contributed by atoms with Gasteiger partial charge < -0.3 is 5.32 Å². The Balaban J connectivity index is 2.32. The Kier molecular flexibility index (Phi) is 5.98. The van der Waals surface area contributed by atoms with Gasteiger partial charge in [0.25, 0.3) is 0 Å². The monoisotopic (exact) mass is 400 g/mol. The number of rotatable bonds is 5. The van der Waals surface area contributed by atoms with E-state index in [0.29, 0.717) is 10.7 Å². The van der Waals surface area contributed by atoms with Gasteiger partial charge in [-0.25, -0.2) is 8.42 Å². The van der Waals surface area contributed by atoms with Gasteiger partial charge in [-0.15, -0.1) is 0 Å². The summed E-state index contributed by atoms with van der Waals surface area (Å²) in [5, 5.41) is 3.28. The first-order chi connectivity index (χ1) is 11.6. The number of amides is 1. The van der Waals surface area contributed by atoms with E-state index in [1.54, 1.807) is 6.07 Å². The van der Waals surface area contributed by atoms with Crippen molar-refractivity contribution in [3.63, 3.8) is 0 Å². The third-order valence-corrected chi connectivity index (χ3v) is 5.29. The molecule has 2 aromatic rings. The van der Waals surface area contributed by atoms with Crippen LogP contribution in [0.5, 0.6) is 0 Å². The molecule has 0 saturated heterocycles. The zero-order valence-corrected chi connectivity index (χ0v) is 16.3. The maximum atomic E-state index is 12.5. The van der Waals surface area contributed by atoms with Gasteiger partial charge in [-0.2, -0.15) is 0 Å². The van der Waals surface area contributed by atoms with Gasteiger partial charge in [-0.05, 0) is 43.2 Å². The lowest BCUT2D eigenvalue weighted by atomic mass is 10.1.